The van der Waals surface area contributed by atoms with Crippen LogP contribution in [0.15, 0.2) is 78.9 Å². The number of nitrogens with one attached hydrogen (secondary N) is 1. The molecule has 3 aromatic carbocycles. The number of rotatable bonds is 6. The lowest BCUT2D eigenvalue weighted by molar-refractivity contribution is 0.102. The first-order valence-electron chi connectivity index (χ1n) is 12.2. The lowest BCUT2D eigenvalue weighted by Gasteiger charge is -2.12. The maximum atomic E-state index is 13.9. The zero-order valence-corrected chi connectivity index (χ0v) is 21.5. The van der Waals surface area contributed by atoms with Crippen LogP contribution in [-0.4, -0.2) is 44.4 Å². The van der Waals surface area contributed by atoms with Crippen molar-refractivity contribution in [3.05, 3.63) is 90.1 Å². The number of anilines is 2. The molecule has 194 valence electrons. The van der Waals surface area contributed by atoms with Crippen LogP contribution in [0.1, 0.15) is 16.1 Å². The standard InChI is InChI=1S/C29H25N7O3/c1-17-15-24(36(34-17)18-9-5-4-6-10-18)33-29(37)25-26-28(32-21-12-8-7-11-20(21)31-26)35(27(25)30)19-13-14-22(38-2)23(16-19)39-3/h4-16H,30H2,1-3H3,(H,33,37). The third-order valence-corrected chi connectivity index (χ3v) is 6.42. The van der Waals surface area contributed by atoms with E-state index in [-0.39, 0.29) is 11.4 Å². The number of carbonyl (C=O) groups excluding carboxylic acids is 1. The van der Waals surface area contributed by atoms with Crippen LogP contribution in [0.2, 0.25) is 0 Å². The third kappa shape index (κ3) is 4.08. The first-order valence-corrected chi connectivity index (χ1v) is 12.2. The number of ether oxygens (including phenoxy) is 2. The van der Waals surface area contributed by atoms with Gasteiger partial charge in [-0.3, -0.25) is 9.36 Å². The summed E-state index contributed by atoms with van der Waals surface area (Å²) >= 11 is 0. The molecule has 0 aliphatic heterocycles. The van der Waals surface area contributed by atoms with E-state index in [1.165, 1.54) is 0 Å². The molecule has 3 N–H and O–H groups in total. The molecule has 0 unspecified atom stereocenters. The number of para-hydroxylation sites is 3. The number of methoxy groups -OCH3 is 2. The van der Waals surface area contributed by atoms with Gasteiger partial charge in [0.05, 0.1) is 42.3 Å². The van der Waals surface area contributed by atoms with Crippen LogP contribution in [0.3, 0.4) is 0 Å². The fourth-order valence-electron chi connectivity index (χ4n) is 4.64. The summed E-state index contributed by atoms with van der Waals surface area (Å²) in [7, 11) is 3.13. The van der Waals surface area contributed by atoms with E-state index in [2.05, 4.69) is 10.4 Å². The fourth-order valence-corrected chi connectivity index (χ4v) is 4.64. The van der Waals surface area contributed by atoms with E-state index in [0.29, 0.717) is 45.2 Å². The molecule has 0 fully saturated rings. The van der Waals surface area contributed by atoms with Crippen LogP contribution in [0.5, 0.6) is 11.5 Å². The van der Waals surface area contributed by atoms with Gasteiger partial charge >= 0.3 is 0 Å². The van der Waals surface area contributed by atoms with Crippen LogP contribution in [-0.2, 0) is 0 Å². The van der Waals surface area contributed by atoms with Crippen molar-refractivity contribution in [3.63, 3.8) is 0 Å². The second-order valence-electron chi connectivity index (χ2n) is 8.89. The van der Waals surface area contributed by atoms with Crippen molar-refractivity contribution in [1.29, 1.82) is 0 Å². The quantitative estimate of drug-likeness (QED) is 0.320. The molecule has 0 atom stereocenters. The maximum absolute atomic E-state index is 13.9. The number of aryl methyl sites for hydroxylation is 1. The zero-order valence-electron chi connectivity index (χ0n) is 21.5. The normalized spacial score (nSPS) is 11.2. The Morgan fingerprint density at radius 1 is 0.846 bits per heavy atom. The summed E-state index contributed by atoms with van der Waals surface area (Å²) in [5.41, 5.74) is 11.3. The number of benzene rings is 3. The van der Waals surface area contributed by atoms with Crippen LogP contribution < -0.4 is 20.5 Å². The van der Waals surface area contributed by atoms with E-state index in [1.807, 2.05) is 67.6 Å². The molecule has 1 amide bonds. The van der Waals surface area contributed by atoms with Crippen molar-refractivity contribution in [3.8, 4) is 22.9 Å². The van der Waals surface area contributed by atoms with Gasteiger partial charge in [-0.1, -0.05) is 30.3 Å². The Labute approximate surface area is 223 Å². The third-order valence-electron chi connectivity index (χ3n) is 6.42. The van der Waals surface area contributed by atoms with E-state index < -0.39 is 5.91 Å². The number of carbonyl (C=O) groups is 1. The lowest BCUT2D eigenvalue weighted by Crippen LogP contribution is -2.17. The fraction of sp³-hybridized carbons (Fsp3) is 0.103. The van der Waals surface area contributed by atoms with Crippen LogP contribution in [0.25, 0.3) is 33.6 Å². The maximum Gasteiger partial charge on any atom is 0.262 e. The summed E-state index contributed by atoms with van der Waals surface area (Å²) < 4.78 is 14.3. The van der Waals surface area contributed by atoms with Gasteiger partial charge in [0.1, 0.15) is 22.7 Å². The predicted octanol–water partition coefficient (Wildman–Crippen LogP) is 4.92. The first kappa shape index (κ1) is 24.0. The van der Waals surface area contributed by atoms with Crippen molar-refractivity contribution >= 4 is 39.7 Å². The van der Waals surface area contributed by atoms with Gasteiger partial charge in [-0.05, 0) is 43.3 Å². The largest absolute Gasteiger partial charge is 0.493 e. The minimum absolute atomic E-state index is 0.188. The molecule has 0 bridgehead atoms. The number of aromatic nitrogens is 5. The highest BCUT2D eigenvalue weighted by Crippen LogP contribution is 2.35. The van der Waals surface area contributed by atoms with Crippen LogP contribution in [0, 0.1) is 6.92 Å². The smallest absolute Gasteiger partial charge is 0.262 e. The number of nitrogens with two attached hydrogens (primary N) is 1. The minimum Gasteiger partial charge on any atom is -0.493 e. The van der Waals surface area contributed by atoms with E-state index >= 15 is 0 Å². The summed E-state index contributed by atoms with van der Waals surface area (Å²) in [6.45, 7) is 1.87. The molecular weight excluding hydrogens is 494 g/mol. The Bertz CT molecular complexity index is 1860. The van der Waals surface area contributed by atoms with E-state index in [1.54, 1.807) is 41.7 Å². The van der Waals surface area contributed by atoms with Gasteiger partial charge < -0.3 is 20.5 Å². The molecule has 0 aliphatic carbocycles. The molecule has 6 aromatic rings. The van der Waals surface area contributed by atoms with Gasteiger partial charge in [-0.25, -0.2) is 14.6 Å². The number of fused-ring (bicyclic) bond motifs is 2. The monoisotopic (exact) mass is 519 g/mol. The van der Waals surface area contributed by atoms with Crippen molar-refractivity contribution in [2.75, 3.05) is 25.3 Å². The van der Waals surface area contributed by atoms with Gasteiger partial charge in [-0.2, -0.15) is 5.10 Å². The minimum atomic E-state index is -0.432. The highest BCUT2D eigenvalue weighted by atomic mass is 16.5. The summed E-state index contributed by atoms with van der Waals surface area (Å²) in [5, 5.41) is 7.54. The average molecular weight is 520 g/mol. The molecule has 0 radical (unpaired) electrons. The van der Waals surface area contributed by atoms with Gasteiger partial charge in [0, 0.05) is 12.1 Å². The Morgan fingerprint density at radius 2 is 1.54 bits per heavy atom. The second kappa shape index (κ2) is 9.49. The van der Waals surface area contributed by atoms with Crippen molar-refractivity contribution in [1.82, 2.24) is 24.3 Å². The number of hydrogen-bond acceptors (Lipinski definition) is 7. The van der Waals surface area contributed by atoms with Gasteiger partial charge in [-0.15, -0.1) is 0 Å². The highest BCUT2D eigenvalue weighted by Gasteiger charge is 2.26. The molecule has 10 nitrogen and oxygen atoms in total. The summed E-state index contributed by atoms with van der Waals surface area (Å²) in [6.07, 6.45) is 0. The van der Waals surface area contributed by atoms with Crippen molar-refractivity contribution < 1.29 is 14.3 Å². The Morgan fingerprint density at radius 3 is 2.26 bits per heavy atom. The second-order valence-corrected chi connectivity index (χ2v) is 8.89. The van der Waals surface area contributed by atoms with Gasteiger partial charge in [0.2, 0.25) is 0 Å². The Hall–Kier alpha value is -5.38. The number of nitrogen functional groups attached to an aromatic ring is 1. The molecule has 39 heavy (non-hydrogen) atoms. The molecule has 3 heterocycles. The van der Waals surface area contributed by atoms with E-state index in [0.717, 1.165) is 11.4 Å². The summed E-state index contributed by atoms with van der Waals surface area (Å²) in [6, 6.07) is 24.2. The zero-order chi connectivity index (χ0) is 27.1. The van der Waals surface area contributed by atoms with Crippen molar-refractivity contribution in [2.24, 2.45) is 0 Å². The van der Waals surface area contributed by atoms with Crippen LogP contribution in [0.4, 0.5) is 11.6 Å². The molecule has 0 saturated carbocycles. The van der Waals surface area contributed by atoms with Gasteiger partial charge in [0.25, 0.3) is 5.91 Å². The number of nitrogens with zero attached hydrogens (tertiary/aromatic N) is 5. The average Bonchev–Trinajstić information content (AvgIpc) is 3.46. The Balaban J connectivity index is 1.54. The highest BCUT2D eigenvalue weighted by molar-refractivity contribution is 6.16. The summed E-state index contributed by atoms with van der Waals surface area (Å²) in [4.78, 5) is 23.5. The molecule has 0 aliphatic rings. The molecule has 6 rings (SSSR count). The Kier molecular flexibility index (Phi) is 5.84. The van der Waals surface area contributed by atoms with Crippen molar-refractivity contribution in [2.45, 2.75) is 6.92 Å². The molecule has 3 aromatic heterocycles. The van der Waals surface area contributed by atoms with Crippen LogP contribution >= 0.6 is 0 Å². The number of hydrogen-bond donors (Lipinski definition) is 2. The van der Waals surface area contributed by atoms with E-state index in [9.17, 15) is 4.79 Å². The number of amides is 1. The first-order chi connectivity index (χ1) is 19.0. The molecule has 0 saturated heterocycles. The summed E-state index contributed by atoms with van der Waals surface area (Å²) in [5.74, 6) is 1.34. The topological polar surface area (TPSA) is 122 Å². The predicted molar refractivity (Wildman–Crippen MR) is 150 cm³/mol. The molecule has 10 heteroatoms. The van der Waals surface area contributed by atoms with Gasteiger partial charge in [0.15, 0.2) is 17.1 Å². The van der Waals surface area contributed by atoms with E-state index in [4.69, 9.17) is 25.2 Å². The lowest BCUT2D eigenvalue weighted by atomic mass is 10.2. The molecular formula is C29H25N7O3. The molecule has 0 spiro atoms. The SMILES string of the molecule is COc1ccc(-n2c(N)c(C(=O)Nc3cc(C)nn3-c3ccccc3)c3nc4ccccc4nc32)cc1OC.